The van der Waals surface area contributed by atoms with Crippen LogP contribution in [-0.4, -0.2) is 11.0 Å². The molecule has 1 heterocycles. The van der Waals surface area contributed by atoms with Crippen molar-refractivity contribution < 1.29 is 13.2 Å². The molecular formula is C13H21F3N4. The van der Waals surface area contributed by atoms with Gasteiger partial charge in [-0.2, -0.15) is 13.2 Å². The Bertz CT molecular complexity index is 434. The van der Waals surface area contributed by atoms with Crippen molar-refractivity contribution in [3.05, 3.63) is 17.7 Å². The molecule has 2 unspecified atom stereocenters. The Labute approximate surface area is 116 Å². The molecule has 20 heavy (non-hydrogen) atoms. The highest BCUT2D eigenvalue weighted by atomic mass is 19.4. The molecule has 0 saturated heterocycles. The predicted octanol–water partition coefficient (Wildman–Crippen LogP) is 3.62. The topological polar surface area (TPSA) is 63.0 Å². The Kier molecular flexibility index (Phi) is 5.62. The van der Waals surface area contributed by atoms with Gasteiger partial charge >= 0.3 is 6.18 Å². The van der Waals surface area contributed by atoms with Crippen molar-refractivity contribution in [2.75, 3.05) is 10.7 Å². The van der Waals surface area contributed by atoms with Gasteiger partial charge in [-0.1, -0.05) is 20.3 Å². The Balaban J connectivity index is 2.89. The lowest BCUT2D eigenvalue weighted by Gasteiger charge is -2.19. The van der Waals surface area contributed by atoms with Crippen LogP contribution in [0.4, 0.5) is 24.8 Å². The van der Waals surface area contributed by atoms with Crippen molar-refractivity contribution >= 4 is 11.6 Å². The Morgan fingerprint density at radius 3 is 2.35 bits per heavy atom. The fourth-order valence-electron chi connectivity index (χ4n) is 1.92. The molecular weight excluding hydrogens is 269 g/mol. The van der Waals surface area contributed by atoms with Crippen LogP contribution in [0.15, 0.2) is 12.1 Å². The number of alkyl halides is 3. The number of anilines is 2. The monoisotopic (exact) mass is 290 g/mol. The van der Waals surface area contributed by atoms with Crippen molar-refractivity contribution in [2.24, 2.45) is 11.8 Å². The third-order valence-corrected chi connectivity index (χ3v) is 3.15. The molecule has 7 heteroatoms. The molecule has 1 rings (SSSR count). The maximum atomic E-state index is 12.8. The van der Waals surface area contributed by atoms with E-state index in [1.165, 1.54) is 0 Å². The van der Waals surface area contributed by atoms with E-state index in [1.807, 2.05) is 6.92 Å². The van der Waals surface area contributed by atoms with Crippen molar-refractivity contribution in [3.8, 4) is 0 Å². The van der Waals surface area contributed by atoms with Gasteiger partial charge in [0.05, 0.1) is 5.56 Å². The van der Waals surface area contributed by atoms with E-state index in [0.29, 0.717) is 5.92 Å². The van der Waals surface area contributed by atoms with Crippen LogP contribution in [0.3, 0.4) is 0 Å². The van der Waals surface area contributed by atoms with Gasteiger partial charge in [0, 0.05) is 6.04 Å². The zero-order valence-electron chi connectivity index (χ0n) is 11.9. The van der Waals surface area contributed by atoms with Crippen LogP contribution in [0.25, 0.3) is 0 Å². The summed E-state index contributed by atoms with van der Waals surface area (Å²) in [5, 5.41) is 2.99. The first-order chi connectivity index (χ1) is 9.26. The number of nitrogen functional groups attached to an aromatic ring is 1. The van der Waals surface area contributed by atoms with Gasteiger partial charge in [0.25, 0.3) is 0 Å². The van der Waals surface area contributed by atoms with Gasteiger partial charge in [-0.3, -0.25) is 0 Å². The van der Waals surface area contributed by atoms with Crippen molar-refractivity contribution in [2.45, 2.75) is 45.8 Å². The lowest BCUT2D eigenvalue weighted by molar-refractivity contribution is -0.137. The van der Waals surface area contributed by atoms with E-state index in [0.717, 1.165) is 25.0 Å². The fraction of sp³-hybridized carbons (Fsp3) is 0.615. The summed E-state index contributed by atoms with van der Waals surface area (Å²) in [5.41, 5.74) is 1.37. The number of halogens is 3. The van der Waals surface area contributed by atoms with E-state index in [2.05, 4.69) is 29.6 Å². The van der Waals surface area contributed by atoms with E-state index >= 15 is 0 Å². The number of hydrogen-bond donors (Lipinski definition) is 3. The van der Waals surface area contributed by atoms with Gasteiger partial charge in [-0.15, -0.1) is 0 Å². The molecule has 0 saturated carbocycles. The summed E-state index contributed by atoms with van der Waals surface area (Å²) in [6.45, 7) is 6.10. The Morgan fingerprint density at radius 2 is 1.85 bits per heavy atom. The van der Waals surface area contributed by atoms with Gasteiger partial charge in [0.1, 0.15) is 11.6 Å². The standard InChI is InChI=1S/C13H21F3N4/c1-4-8(2)5-9(3)18-11-6-10(13(14,15)16)7-12(19-11)20-17/h6-9H,4-5,17H2,1-3H3,(H2,18,19,20). The van der Waals surface area contributed by atoms with Crippen molar-refractivity contribution in [1.82, 2.24) is 4.98 Å². The first kappa shape index (κ1) is 16.6. The average Bonchev–Trinajstić information content (AvgIpc) is 2.36. The SMILES string of the molecule is CCC(C)CC(C)Nc1cc(C(F)(F)F)cc(NN)n1. The Hall–Kier alpha value is -1.50. The lowest BCUT2D eigenvalue weighted by Crippen LogP contribution is -2.20. The molecule has 0 fully saturated rings. The summed E-state index contributed by atoms with van der Waals surface area (Å²) >= 11 is 0. The number of hydrazine groups is 1. The third-order valence-electron chi connectivity index (χ3n) is 3.15. The molecule has 0 radical (unpaired) electrons. The quantitative estimate of drug-likeness (QED) is 0.553. The summed E-state index contributed by atoms with van der Waals surface area (Å²) < 4.78 is 38.3. The van der Waals surface area contributed by atoms with Crippen molar-refractivity contribution in [3.63, 3.8) is 0 Å². The molecule has 0 amide bonds. The maximum Gasteiger partial charge on any atom is 0.416 e. The highest BCUT2D eigenvalue weighted by molar-refractivity contribution is 5.49. The summed E-state index contributed by atoms with van der Waals surface area (Å²) in [5.74, 6) is 5.81. The largest absolute Gasteiger partial charge is 0.416 e. The summed E-state index contributed by atoms with van der Waals surface area (Å²) in [6, 6.07) is 1.91. The number of hydrogen-bond acceptors (Lipinski definition) is 4. The fourth-order valence-corrected chi connectivity index (χ4v) is 1.92. The predicted molar refractivity (Wildman–Crippen MR) is 74.2 cm³/mol. The molecule has 4 N–H and O–H groups in total. The molecule has 0 bridgehead atoms. The molecule has 0 aromatic carbocycles. The summed E-state index contributed by atoms with van der Waals surface area (Å²) in [6.07, 6.45) is -2.54. The minimum Gasteiger partial charge on any atom is -0.368 e. The second-order valence-electron chi connectivity index (χ2n) is 5.06. The minimum absolute atomic E-state index is 0.0157. The number of aromatic nitrogens is 1. The zero-order valence-corrected chi connectivity index (χ0v) is 11.9. The lowest BCUT2D eigenvalue weighted by atomic mass is 10.0. The van der Waals surface area contributed by atoms with Crippen molar-refractivity contribution in [1.29, 1.82) is 0 Å². The van der Waals surface area contributed by atoms with E-state index < -0.39 is 11.7 Å². The first-order valence-electron chi connectivity index (χ1n) is 6.58. The second-order valence-corrected chi connectivity index (χ2v) is 5.06. The van der Waals surface area contributed by atoms with E-state index in [4.69, 9.17) is 5.84 Å². The highest BCUT2D eigenvalue weighted by Gasteiger charge is 2.31. The third kappa shape index (κ3) is 4.88. The molecule has 4 nitrogen and oxygen atoms in total. The van der Waals surface area contributed by atoms with Crippen LogP contribution >= 0.6 is 0 Å². The number of pyridine rings is 1. The summed E-state index contributed by atoms with van der Waals surface area (Å²) in [7, 11) is 0. The highest BCUT2D eigenvalue weighted by Crippen LogP contribution is 2.32. The van der Waals surface area contributed by atoms with Crippen LogP contribution in [0.2, 0.25) is 0 Å². The molecule has 114 valence electrons. The molecule has 2 atom stereocenters. The number of rotatable bonds is 6. The molecule has 0 spiro atoms. The smallest absolute Gasteiger partial charge is 0.368 e. The Morgan fingerprint density at radius 1 is 1.25 bits per heavy atom. The van der Waals surface area contributed by atoms with Crippen LogP contribution in [0.5, 0.6) is 0 Å². The molecule has 1 aromatic rings. The molecule has 0 aliphatic heterocycles. The maximum absolute atomic E-state index is 12.8. The zero-order chi connectivity index (χ0) is 15.3. The summed E-state index contributed by atoms with van der Waals surface area (Å²) in [4.78, 5) is 3.99. The second kappa shape index (κ2) is 6.78. The number of nitrogens with two attached hydrogens (primary N) is 1. The number of nitrogens with one attached hydrogen (secondary N) is 2. The van der Waals surface area contributed by atoms with E-state index in [9.17, 15) is 13.2 Å². The van der Waals surface area contributed by atoms with E-state index in [1.54, 1.807) is 0 Å². The average molecular weight is 290 g/mol. The van der Waals surface area contributed by atoms with Crippen LogP contribution in [-0.2, 0) is 6.18 Å². The first-order valence-corrected chi connectivity index (χ1v) is 6.58. The van der Waals surface area contributed by atoms with E-state index in [-0.39, 0.29) is 17.7 Å². The van der Waals surface area contributed by atoms with Gasteiger partial charge in [-0.05, 0) is 31.4 Å². The minimum atomic E-state index is -4.43. The van der Waals surface area contributed by atoms with Gasteiger partial charge in [0.2, 0.25) is 0 Å². The molecule has 1 aromatic heterocycles. The normalized spacial score (nSPS) is 14.8. The van der Waals surface area contributed by atoms with Crippen LogP contribution in [0, 0.1) is 5.92 Å². The molecule has 0 aliphatic rings. The number of nitrogens with zero attached hydrogens (tertiary/aromatic N) is 1. The van der Waals surface area contributed by atoms with Crippen LogP contribution in [0.1, 0.15) is 39.2 Å². The van der Waals surface area contributed by atoms with Gasteiger partial charge in [0.15, 0.2) is 0 Å². The van der Waals surface area contributed by atoms with Gasteiger partial charge in [-0.25, -0.2) is 10.8 Å². The van der Waals surface area contributed by atoms with Crippen LogP contribution < -0.4 is 16.6 Å². The molecule has 0 aliphatic carbocycles. The van der Waals surface area contributed by atoms with Gasteiger partial charge < -0.3 is 10.7 Å².